The number of rotatable bonds is 6. The minimum atomic E-state index is -0.196. The maximum absolute atomic E-state index is 13.0. The number of anilines is 2. The lowest BCUT2D eigenvalue weighted by atomic mass is 10.1. The first-order valence-electron chi connectivity index (χ1n) is 10.3. The molecule has 0 bridgehead atoms. The van der Waals surface area contributed by atoms with Crippen molar-refractivity contribution in [2.24, 2.45) is 0 Å². The summed E-state index contributed by atoms with van der Waals surface area (Å²) >= 11 is 10.1. The predicted octanol–water partition coefficient (Wildman–Crippen LogP) is 5.70. The molecule has 1 aliphatic heterocycles. The summed E-state index contributed by atoms with van der Waals surface area (Å²) in [7, 11) is 4.01. The van der Waals surface area contributed by atoms with Crippen LogP contribution in [0.3, 0.4) is 0 Å². The highest BCUT2D eigenvalue weighted by molar-refractivity contribution is 9.10. The van der Waals surface area contributed by atoms with E-state index in [4.69, 9.17) is 16.3 Å². The molecule has 8 heteroatoms. The number of hydrogen-bond donors (Lipinski definition) is 1. The largest absolute Gasteiger partial charge is 0.491 e. The molecule has 32 heavy (non-hydrogen) atoms. The third-order valence-electron chi connectivity index (χ3n) is 5.28. The summed E-state index contributed by atoms with van der Waals surface area (Å²) in [5.74, 6) is 0.732. The van der Waals surface area contributed by atoms with Crippen LogP contribution in [-0.2, 0) is 6.42 Å². The van der Waals surface area contributed by atoms with Gasteiger partial charge in [-0.15, -0.1) is 0 Å². The molecule has 0 unspecified atom stereocenters. The minimum Gasteiger partial charge on any atom is -0.491 e. The third kappa shape index (κ3) is 5.06. The second kappa shape index (κ2) is 9.90. The van der Waals surface area contributed by atoms with Crippen molar-refractivity contribution in [3.63, 3.8) is 0 Å². The molecule has 1 aliphatic rings. The lowest BCUT2D eigenvalue weighted by Gasteiger charge is -2.20. The topological polar surface area (TPSA) is 57.7 Å². The highest BCUT2D eigenvalue weighted by Crippen LogP contribution is 2.38. The molecule has 166 valence electrons. The van der Waals surface area contributed by atoms with Gasteiger partial charge in [-0.1, -0.05) is 17.7 Å². The van der Waals surface area contributed by atoms with E-state index in [-0.39, 0.29) is 6.03 Å². The van der Waals surface area contributed by atoms with E-state index in [1.165, 1.54) is 0 Å². The fourth-order valence-electron chi connectivity index (χ4n) is 3.60. The summed E-state index contributed by atoms with van der Waals surface area (Å²) < 4.78 is 6.82. The number of carbonyl (C=O) groups excluding carboxylic acids is 1. The van der Waals surface area contributed by atoms with E-state index >= 15 is 0 Å². The van der Waals surface area contributed by atoms with Crippen molar-refractivity contribution in [2.75, 3.05) is 44.0 Å². The smallest absolute Gasteiger partial charge is 0.326 e. The monoisotopic (exact) mass is 514 g/mol. The first-order chi connectivity index (χ1) is 15.4. The molecule has 1 aromatic heterocycles. The summed E-state index contributed by atoms with van der Waals surface area (Å²) in [5.41, 5.74) is 4.49. The maximum atomic E-state index is 13.0. The lowest BCUT2D eigenvalue weighted by molar-refractivity contribution is 0.257. The molecule has 0 fully saturated rings. The Hall–Kier alpha value is -2.61. The van der Waals surface area contributed by atoms with Gasteiger partial charge in [0.15, 0.2) is 0 Å². The standard InChI is InChI=1S/C24H24BrClN4O2/c1-29(2)11-12-32-23-15-22-17(13-20(23)25)7-10-30(22)24(31)28-18-3-4-19(21(26)14-18)16-5-8-27-9-6-16/h3-6,8-9,13-15H,7,10-12H2,1-2H3,(H,28,31). The molecule has 1 N–H and O–H groups in total. The van der Waals surface area contributed by atoms with Crippen molar-refractivity contribution < 1.29 is 9.53 Å². The van der Waals surface area contributed by atoms with Crippen LogP contribution >= 0.6 is 27.5 Å². The Bertz CT molecular complexity index is 1120. The number of fused-ring (bicyclic) bond motifs is 1. The normalized spacial score (nSPS) is 12.7. The summed E-state index contributed by atoms with van der Waals surface area (Å²) in [6, 6.07) is 13.1. The van der Waals surface area contributed by atoms with Crippen LogP contribution in [0.25, 0.3) is 11.1 Å². The van der Waals surface area contributed by atoms with Gasteiger partial charge in [0.25, 0.3) is 0 Å². The van der Waals surface area contributed by atoms with E-state index in [1.54, 1.807) is 23.4 Å². The number of nitrogens with one attached hydrogen (secondary N) is 1. The van der Waals surface area contributed by atoms with Gasteiger partial charge in [-0.3, -0.25) is 9.88 Å². The molecule has 2 aromatic carbocycles. The van der Waals surface area contributed by atoms with Gasteiger partial charge < -0.3 is 15.0 Å². The SMILES string of the molecule is CN(C)CCOc1cc2c(cc1Br)CCN2C(=O)Nc1ccc(-c2ccncc2)c(Cl)c1. The molecular formula is C24H24BrClN4O2. The van der Waals surface area contributed by atoms with Crippen LogP contribution in [0.4, 0.5) is 16.2 Å². The van der Waals surface area contributed by atoms with Gasteiger partial charge in [0.05, 0.1) is 15.2 Å². The summed E-state index contributed by atoms with van der Waals surface area (Å²) in [4.78, 5) is 20.9. The molecule has 0 saturated carbocycles. The number of halogens is 2. The second-order valence-electron chi connectivity index (χ2n) is 7.83. The van der Waals surface area contributed by atoms with Crippen molar-refractivity contribution in [2.45, 2.75) is 6.42 Å². The number of likely N-dealkylation sites (N-methyl/N-ethyl adjacent to an activating group) is 1. The fraction of sp³-hybridized carbons (Fsp3) is 0.250. The predicted molar refractivity (Wildman–Crippen MR) is 133 cm³/mol. The molecule has 3 aromatic rings. The van der Waals surface area contributed by atoms with Crippen LogP contribution in [0.1, 0.15) is 5.56 Å². The Morgan fingerprint density at radius 3 is 2.72 bits per heavy atom. The Kier molecular flexibility index (Phi) is 6.98. The van der Waals surface area contributed by atoms with Crippen LogP contribution < -0.4 is 15.0 Å². The molecule has 6 nitrogen and oxygen atoms in total. The molecule has 2 amide bonds. The van der Waals surface area contributed by atoms with Crippen LogP contribution in [0.15, 0.2) is 59.3 Å². The highest BCUT2D eigenvalue weighted by Gasteiger charge is 2.26. The average molecular weight is 516 g/mol. The van der Waals surface area contributed by atoms with Crippen molar-refractivity contribution in [3.8, 4) is 16.9 Å². The lowest BCUT2D eigenvalue weighted by Crippen LogP contribution is -2.33. The van der Waals surface area contributed by atoms with E-state index in [1.807, 2.05) is 50.5 Å². The molecule has 2 heterocycles. The summed E-state index contributed by atoms with van der Waals surface area (Å²) in [6.45, 7) is 1.99. The number of pyridine rings is 1. The zero-order valence-corrected chi connectivity index (χ0v) is 20.3. The molecular weight excluding hydrogens is 492 g/mol. The fourth-order valence-corrected chi connectivity index (χ4v) is 4.39. The Labute approximate surface area is 201 Å². The van der Waals surface area contributed by atoms with Crippen molar-refractivity contribution in [1.29, 1.82) is 0 Å². The number of benzene rings is 2. The second-order valence-corrected chi connectivity index (χ2v) is 9.09. The van der Waals surface area contributed by atoms with Gasteiger partial charge in [0, 0.05) is 42.8 Å². The van der Waals surface area contributed by atoms with Crippen molar-refractivity contribution in [1.82, 2.24) is 9.88 Å². The van der Waals surface area contributed by atoms with Gasteiger partial charge in [0.1, 0.15) is 12.4 Å². The van der Waals surface area contributed by atoms with E-state index < -0.39 is 0 Å². The summed E-state index contributed by atoms with van der Waals surface area (Å²) in [5, 5.41) is 3.53. The Balaban J connectivity index is 1.49. The highest BCUT2D eigenvalue weighted by atomic mass is 79.9. The first kappa shape index (κ1) is 22.6. The molecule has 0 radical (unpaired) electrons. The van der Waals surface area contributed by atoms with Crippen LogP contribution in [0.5, 0.6) is 5.75 Å². The molecule has 0 atom stereocenters. The van der Waals surface area contributed by atoms with Crippen molar-refractivity contribution >= 4 is 44.9 Å². The van der Waals surface area contributed by atoms with Gasteiger partial charge >= 0.3 is 6.03 Å². The summed E-state index contributed by atoms with van der Waals surface area (Å²) in [6.07, 6.45) is 4.24. The van der Waals surface area contributed by atoms with E-state index in [2.05, 4.69) is 31.1 Å². The molecule has 4 rings (SSSR count). The quantitative estimate of drug-likeness (QED) is 0.458. The molecule has 0 saturated heterocycles. The Morgan fingerprint density at radius 1 is 1.22 bits per heavy atom. The zero-order valence-electron chi connectivity index (χ0n) is 17.9. The van der Waals surface area contributed by atoms with Crippen molar-refractivity contribution in [3.05, 3.63) is 69.9 Å². The number of urea groups is 1. The molecule has 0 aliphatic carbocycles. The number of ether oxygens (including phenoxy) is 1. The van der Waals surface area contributed by atoms with Crippen LogP contribution in [-0.4, -0.2) is 49.7 Å². The number of carbonyl (C=O) groups is 1. The van der Waals surface area contributed by atoms with E-state index in [0.29, 0.717) is 23.9 Å². The number of nitrogens with zero attached hydrogens (tertiary/aromatic N) is 3. The van der Waals surface area contributed by atoms with E-state index in [9.17, 15) is 4.79 Å². The number of amides is 2. The minimum absolute atomic E-state index is 0.196. The number of hydrogen-bond acceptors (Lipinski definition) is 4. The third-order valence-corrected chi connectivity index (χ3v) is 6.21. The van der Waals surface area contributed by atoms with E-state index in [0.717, 1.165) is 45.6 Å². The van der Waals surface area contributed by atoms with Gasteiger partial charge in [0.2, 0.25) is 0 Å². The van der Waals surface area contributed by atoms with Gasteiger partial charge in [-0.05, 0) is 77.9 Å². The van der Waals surface area contributed by atoms with Crippen LogP contribution in [0.2, 0.25) is 5.02 Å². The maximum Gasteiger partial charge on any atom is 0.326 e. The average Bonchev–Trinajstić information content (AvgIpc) is 3.17. The van der Waals surface area contributed by atoms with Gasteiger partial charge in [-0.25, -0.2) is 4.79 Å². The Morgan fingerprint density at radius 2 is 2.00 bits per heavy atom. The van der Waals surface area contributed by atoms with Crippen LogP contribution in [0, 0.1) is 0 Å². The zero-order chi connectivity index (χ0) is 22.7. The van der Waals surface area contributed by atoms with Gasteiger partial charge in [-0.2, -0.15) is 0 Å². The molecule has 0 spiro atoms. The first-order valence-corrected chi connectivity index (χ1v) is 11.5. The number of aromatic nitrogens is 1.